The Morgan fingerprint density at radius 1 is 1.12 bits per heavy atom. The van der Waals surface area contributed by atoms with Crippen molar-refractivity contribution in [1.29, 1.82) is 0 Å². The van der Waals surface area contributed by atoms with E-state index in [2.05, 4.69) is 70.8 Å². The number of morpholine rings is 1. The summed E-state index contributed by atoms with van der Waals surface area (Å²) in [5.41, 5.74) is 5.72. The molecule has 0 amide bonds. The predicted molar refractivity (Wildman–Crippen MR) is 100 cm³/mol. The fourth-order valence-electron chi connectivity index (χ4n) is 3.37. The lowest BCUT2D eigenvalue weighted by molar-refractivity contribution is 0.00702. The molecule has 25 heavy (non-hydrogen) atoms. The Labute approximate surface area is 148 Å². The first-order chi connectivity index (χ1) is 12.3. The van der Waals surface area contributed by atoms with Crippen molar-refractivity contribution in [1.82, 2.24) is 10.3 Å². The SMILES string of the molecule is CC1=CC(OCCN2CCOCC2)NN1c1ccc2ccccc2c1. The molecule has 0 spiro atoms. The van der Waals surface area contributed by atoms with Gasteiger partial charge < -0.3 is 9.47 Å². The molecule has 4 rings (SSSR count). The first-order valence-corrected chi connectivity index (χ1v) is 8.95. The Kier molecular flexibility index (Phi) is 4.99. The van der Waals surface area contributed by atoms with Crippen LogP contribution in [0.1, 0.15) is 6.92 Å². The molecule has 2 aliphatic rings. The standard InChI is InChI=1S/C20H25N3O2/c1-16-14-20(25-13-10-22-8-11-24-12-9-22)21-23(16)19-7-6-17-4-2-3-5-18(17)15-19/h2-7,14-15,20-21H,8-13H2,1H3. The summed E-state index contributed by atoms with van der Waals surface area (Å²) in [4.78, 5) is 2.39. The second-order valence-electron chi connectivity index (χ2n) is 6.55. The van der Waals surface area contributed by atoms with Crippen LogP contribution in [0.15, 0.2) is 54.2 Å². The van der Waals surface area contributed by atoms with E-state index in [1.807, 2.05) is 0 Å². The van der Waals surface area contributed by atoms with Gasteiger partial charge in [0.15, 0.2) is 0 Å². The number of hydrogen-bond acceptors (Lipinski definition) is 5. The minimum atomic E-state index is -0.0764. The molecule has 1 saturated heterocycles. The average molecular weight is 339 g/mol. The lowest BCUT2D eigenvalue weighted by atomic mass is 10.1. The summed E-state index contributed by atoms with van der Waals surface area (Å²) in [6, 6.07) is 14.9. The fraction of sp³-hybridized carbons (Fsp3) is 0.400. The van der Waals surface area contributed by atoms with Crippen molar-refractivity contribution in [3.8, 4) is 0 Å². The minimum absolute atomic E-state index is 0.0764. The van der Waals surface area contributed by atoms with Crippen LogP contribution in [0.2, 0.25) is 0 Å². The summed E-state index contributed by atoms with van der Waals surface area (Å²) in [6.45, 7) is 7.43. The van der Waals surface area contributed by atoms with Crippen LogP contribution in [0.3, 0.4) is 0 Å². The number of hydrogen-bond donors (Lipinski definition) is 1. The number of nitrogens with one attached hydrogen (secondary N) is 1. The highest BCUT2D eigenvalue weighted by Gasteiger charge is 2.22. The van der Waals surface area contributed by atoms with Crippen molar-refractivity contribution in [2.75, 3.05) is 44.5 Å². The summed E-state index contributed by atoms with van der Waals surface area (Å²) in [5.74, 6) is 0. The fourth-order valence-corrected chi connectivity index (χ4v) is 3.37. The number of nitrogens with zero attached hydrogens (tertiary/aromatic N) is 2. The van der Waals surface area contributed by atoms with Gasteiger partial charge in [0.1, 0.15) is 6.23 Å². The smallest absolute Gasteiger partial charge is 0.146 e. The molecule has 1 atom stereocenters. The van der Waals surface area contributed by atoms with Gasteiger partial charge in [0.05, 0.1) is 25.5 Å². The summed E-state index contributed by atoms with van der Waals surface area (Å²) in [7, 11) is 0. The van der Waals surface area contributed by atoms with E-state index in [-0.39, 0.29) is 6.23 Å². The van der Waals surface area contributed by atoms with Crippen molar-refractivity contribution in [2.45, 2.75) is 13.2 Å². The molecular formula is C20H25N3O2. The third-order valence-electron chi connectivity index (χ3n) is 4.80. The molecule has 2 aliphatic heterocycles. The molecule has 5 heteroatoms. The molecule has 0 bridgehead atoms. The monoisotopic (exact) mass is 339 g/mol. The number of anilines is 1. The molecular weight excluding hydrogens is 314 g/mol. The zero-order valence-corrected chi connectivity index (χ0v) is 14.6. The van der Waals surface area contributed by atoms with Crippen LogP contribution >= 0.6 is 0 Å². The van der Waals surface area contributed by atoms with E-state index in [0.29, 0.717) is 6.61 Å². The Morgan fingerprint density at radius 2 is 1.92 bits per heavy atom. The van der Waals surface area contributed by atoms with E-state index in [9.17, 15) is 0 Å². The Bertz CT molecular complexity index is 755. The van der Waals surface area contributed by atoms with Crippen LogP contribution in [-0.4, -0.2) is 50.6 Å². The molecule has 0 aliphatic carbocycles. The van der Waals surface area contributed by atoms with E-state index < -0.39 is 0 Å². The highest BCUT2D eigenvalue weighted by atomic mass is 16.5. The molecule has 2 heterocycles. The van der Waals surface area contributed by atoms with Crippen molar-refractivity contribution < 1.29 is 9.47 Å². The molecule has 5 nitrogen and oxygen atoms in total. The molecule has 1 N–H and O–H groups in total. The lowest BCUT2D eigenvalue weighted by Crippen LogP contribution is -2.41. The van der Waals surface area contributed by atoms with Crippen LogP contribution in [0, 0.1) is 0 Å². The third-order valence-corrected chi connectivity index (χ3v) is 4.80. The first-order valence-electron chi connectivity index (χ1n) is 8.95. The molecule has 132 valence electrons. The summed E-state index contributed by atoms with van der Waals surface area (Å²) in [6.07, 6.45) is 2.06. The van der Waals surface area contributed by atoms with Gasteiger partial charge in [0.2, 0.25) is 0 Å². The Hall–Kier alpha value is -1.92. The van der Waals surface area contributed by atoms with Crippen LogP contribution in [0.25, 0.3) is 10.8 Å². The molecule has 1 fully saturated rings. The number of allylic oxidation sites excluding steroid dienone is 1. The van der Waals surface area contributed by atoms with E-state index in [0.717, 1.165) is 44.2 Å². The van der Waals surface area contributed by atoms with E-state index in [1.165, 1.54) is 10.8 Å². The van der Waals surface area contributed by atoms with Gasteiger partial charge in [-0.3, -0.25) is 9.91 Å². The number of fused-ring (bicyclic) bond motifs is 1. The topological polar surface area (TPSA) is 37.0 Å². The van der Waals surface area contributed by atoms with E-state index >= 15 is 0 Å². The van der Waals surface area contributed by atoms with E-state index in [1.54, 1.807) is 0 Å². The zero-order chi connectivity index (χ0) is 17.1. The first kappa shape index (κ1) is 16.5. The van der Waals surface area contributed by atoms with Crippen molar-refractivity contribution in [3.63, 3.8) is 0 Å². The summed E-state index contributed by atoms with van der Waals surface area (Å²) < 4.78 is 11.4. The van der Waals surface area contributed by atoms with Gasteiger partial charge in [-0.25, -0.2) is 0 Å². The maximum atomic E-state index is 6.00. The summed E-state index contributed by atoms with van der Waals surface area (Å²) in [5, 5.41) is 4.60. The van der Waals surface area contributed by atoms with Crippen LogP contribution in [0.4, 0.5) is 5.69 Å². The average Bonchev–Trinajstić information content (AvgIpc) is 3.03. The largest absolute Gasteiger partial charge is 0.379 e. The van der Waals surface area contributed by atoms with Crippen LogP contribution in [0.5, 0.6) is 0 Å². The molecule has 2 aromatic carbocycles. The van der Waals surface area contributed by atoms with Gasteiger partial charge in [-0.05, 0) is 35.9 Å². The number of benzene rings is 2. The maximum Gasteiger partial charge on any atom is 0.146 e. The normalized spacial score (nSPS) is 21.7. The van der Waals surface area contributed by atoms with Crippen molar-refractivity contribution >= 4 is 16.5 Å². The highest BCUT2D eigenvalue weighted by Crippen LogP contribution is 2.26. The molecule has 1 unspecified atom stereocenters. The van der Waals surface area contributed by atoms with Gasteiger partial charge in [-0.1, -0.05) is 30.3 Å². The van der Waals surface area contributed by atoms with E-state index in [4.69, 9.17) is 9.47 Å². The van der Waals surface area contributed by atoms with Gasteiger partial charge in [-0.15, -0.1) is 0 Å². The molecule has 0 aromatic heterocycles. The second kappa shape index (κ2) is 7.54. The molecule has 0 radical (unpaired) electrons. The summed E-state index contributed by atoms with van der Waals surface area (Å²) >= 11 is 0. The number of ether oxygens (including phenoxy) is 2. The quantitative estimate of drug-likeness (QED) is 0.907. The van der Waals surface area contributed by atoms with Crippen molar-refractivity contribution in [2.24, 2.45) is 0 Å². The lowest BCUT2D eigenvalue weighted by Gasteiger charge is -2.27. The Morgan fingerprint density at radius 3 is 2.76 bits per heavy atom. The van der Waals surface area contributed by atoms with Crippen molar-refractivity contribution in [3.05, 3.63) is 54.2 Å². The van der Waals surface area contributed by atoms with Crippen LogP contribution in [-0.2, 0) is 9.47 Å². The van der Waals surface area contributed by atoms with Gasteiger partial charge in [-0.2, -0.15) is 5.43 Å². The molecule has 0 saturated carbocycles. The predicted octanol–water partition coefficient (Wildman–Crippen LogP) is 2.74. The third kappa shape index (κ3) is 3.85. The highest BCUT2D eigenvalue weighted by molar-refractivity contribution is 5.86. The zero-order valence-electron chi connectivity index (χ0n) is 14.6. The number of hydrazine groups is 1. The minimum Gasteiger partial charge on any atom is -0.379 e. The van der Waals surface area contributed by atoms with Gasteiger partial charge in [0.25, 0.3) is 0 Å². The van der Waals surface area contributed by atoms with Gasteiger partial charge >= 0.3 is 0 Å². The van der Waals surface area contributed by atoms with Crippen LogP contribution < -0.4 is 10.4 Å². The maximum absolute atomic E-state index is 6.00. The second-order valence-corrected chi connectivity index (χ2v) is 6.55. The van der Waals surface area contributed by atoms with Gasteiger partial charge in [0, 0.05) is 25.3 Å². The Balaban J connectivity index is 1.35. The number of rotatable bonds is 5. The molecule has 2 aromatic rings.